The largest absolute Gasteiger partial charge is 0.353 e. The van der Waals surface area contributed by atoms with Crippen LogP contribution >= 0.6 is 11.8 Å². The van der Waals surface area contributed by atoms with E-state index in [1.54, 1.807) is 18.2 Å². The number of rotatable bonds is 7. The Kier molecular flexibility index (Phi) is 7.14. The second kappa shape index (κ2) is 9.98. The minimum Gasteiger partial charge on any atom is -0.353 e. The number of nitrogens with zero attached hydrogens (tertiary/aromatic N) is 1. The molecule has 7 nitrogen and oxygen atoms in total. The molecule has 0 bridgehead atoms. The van der Waals surface area contributed by atoms with Crippen LogP contribution in [0.25, 0.3) is 6.08 Å². The van der Waals surface area contributed by atoms with Crippen molar-refractivity contribution in [3.05, 3.63) is 76.2 Å². The number of halogens is 2. The van der Waals surface area contributed by atoms with E-state index < -0.39 is 46.7 Å². The molecule has 0 spiro atoms. The SMILES string of the molecule is O=C(CNC(=O)c1ccc(F)cc1F)NCCN1C(=O)SC(=Cc2ccccc2)C1=O. The maximum atomic E-state index is 13.6. The van der Waals surface area contributed by atoms with Crippen molar-refractivity contribution >= 4 is 40.8 Å². The molecule has 160 valence electrons. The van der Waals surface area contributed by atoms with Gasteiger partial charge < -0.3 is 10.6 Å². The van der Waals surface area contributed by atoms with Crippen molar-refractivity contribution in [2.24, 2.45) is 0 Å². The summed E-state index contributed by atoms with van der Waals surface area (Å²) in [6.07, 6.45) is 1.62. The summed E-state index contributed by atoms with van der Waals surface area (Å²) in [4.78, 5) is 49.6. The van der Waals surface area contributed by atoms with E-state index in [9.17, 15) is 28.0 Å². The first kappa shape index (κ1) is 22.2. The molecule has 0 unspecified atom stereocenters. The van der Waals surface area contributed by atoms with E-state index >= 15 is 0 Å². The van der Waals surface area contributed by atoms with Crippen LogP contribution in [0, 0.1) is 11.6 Å². The van der Waals surface area contributed by atoms with Crippen LogP contribution in [0.15, 0.2) is 53.4 Å². The Labute approximate surface area is 180 Å². The Morgan fingerprint density at radius 2 is 1.77 bits per heavy atom. The van der Waals surface area contributed by atoms with E-state index in [1.165, 1.54) is 0 Å². The highest BCUT2D eigenvalue weighted by molar-refractivity contribution is 8.18. The molecular weight excluding hydrogens is 428 g/mol. The lowest BCUT2D eigenvalue weighted by Gasteiger charge is -2.13. The second-order valence-corrected chi connectivity index (χ2v) is 7.39. The fourth-order valence-electron chi connectivity index (χ4n) is 2.69. The van der Waals surface area contributed by atoms with Gasteiger partial charge in [0.2, 0.25) is 5.91 Å². The minimum atomic E-state index is -1.04. The minimum absolute atomic E-state index is 0.0176. The van der Waals surface area contributed by atoms with Gasteiger partial charge >= 0.3 is 0 Å². The van der Waals surface area contributed by atoms with E-state index in [0.29, 0.717) is 6.07 Å². The Morgan fingerprint density at radius 3 is 2.48 bits per heavy atom. The molecule has 3 rings (SSSR count). The van der Waals surface area contributed by atoms with Crippen LogP contribution in [0.5, 0.6) is 0 Å². The van der Waals surface area contributed by atoms with Crippen LogP contribution in [0.4, 0.5) is 13.6 Å². The first-order valence-corrected chi connectivity index (χ1v) is 9.97. The molecule has 1 aliphatic rings. The maximum Gasteiger partial charge on any atom is 0.293 e. The first-order valence-electron chi connectivity index (χ1n) is 9.15. The van der Waals surface area contributed by atoms with Crippen LogP contribution in [-0.4, -0.2) is 47.5 Å². The number of hydrogen-bond acceptors (Lipinski definition) is 5. The Hall–Kier alpha value is -3.53. The Balaban J connectivity index is 1.46. The molecule has 4 amide bonds. The predicted octanol–water partition coefficient (Wildman–Crippen LogP) is 2.55. The number of nitrogens with one attached hydrogen (secondary N) is 2. The van der Waals surface area contributed by atoms with Gasteiger partial charge in [-0.2, -0.15) is 0 Å². The van der Waals surface area contributed by atoms with E-state index in [4.69, 9.17) is 0 Å². The molecule has 0 radical (unpaired) electrons. The summed E-state index contributed by atoms with van der Waals surface area (Å²) in [5, 5.41) is 4.24. The summed E-state index contributed by atoms with van der Waals surface area (Å²) in [7, 11) is 0. The van der Waals surface area contributed by atoms with Gasteiger partial charge in [-0.05, 0) is 35.5 Å². The van der Waals surface area contributed by atoms with Crippen molar-refractivity contribution in [2.75, 3.05) is 19.6 Å². The predicted molar refractivity (Wildman–Crippen MR) is 111 cm³/mol. The van der Waals surface area contributed by atoms with E-state index in [-0.39, 0.29) is 18.0 Å². The second-order valence-electron chi connectivity index (χ2n) is 6.40. The fourth-order valence-corrected chi connectivity index (χ4v) is 3.56. The normalized spacial score (nSPS) is 14.8. The number of benzene rings is 2. The lowest BCUT2D eigenvalue weighted by atomic mass is 10.2. The average molecular weight is 445 g/mol. The third-order valence-corrected chi connectivity index (χ3v) is 5.12. The number of hydrogen-bond donors (Lipinski definition) is 2. The van der Waals surface area contributed by atoms with Gasteiger partial charge in [0.15, 0.2) is 0 Å². The molecule has 0 saturated carbocycles. The van der Waals surface area contributed by atoms with Crippen molar-refractivity contribution in [3.8, 4) is 0 Å². The zero-order chi connectivity index (χ0) is 22.4. The van der Waals surface area contributed by atoms with Crippen LogP contribution in [-0.2, 0) is 9.59 Å². The molecule has 10 heteroatoms. The van der Waals surface area contributed by atoms with E-state index in [1.807, 2.05) is 18.2 Å². The lowest BCUT2D eigenvalue weighted by molar-refractivity contribution is -0.124. The van der Waals surface area contributed by atoms with Gasteiger partial charge in [0.1, 0.15) is 11.6 Å². The van der Waals surface area contributed by atoms with Crippen LogP contribution in [0.3, 0.4) is 0 Å². The summed E-state index contributed by atoms with van der Waals surface area (Å²) in [6.45, 7) is -0.509. The standard InChI is InChI=1S/C21H17F2N3O4S/c22-14-6-7-15(16(23)11-14)19(28)25-12-18(27)24-8-9-26-20(29)17(31-21(26)30)10-13-4-2-1-3-5-13/h1-7,10-11H,8-9,12H2,(H,24,27)(H,25,28). The fraction of sp³-hybridized carbons (Fsp3) is 0.143. The van der Waals surface area contributed by atoms with Crippen molar-refractivity contribution in [1.82, 2.24) is 15.5 Å². The lowest BCUT2D eigenvalue weighted by Crippen LogP contribution is -2.41. The third kappa shape index (κ3) is 5.76. The Morgan fingerprint density at radius 1 is 1.03 bits per heavy atom. The highest BCUT2D eigenvalue weighted by Crippen LogP contribution is 2.31. The molecule has 2 N–H and O–H groups in total. The summed E-state index contributed by atoms with van der Waals surface area (Å²) in [5.41, 5.74) is 0.395. The van der Waals surface area contributed by atoms with Crippen molar-refractivity contribution in [1.29, 1.82) is 0 Å². The molecular formula is C21H17F2N3O4S. The smallest absolute Gasteiger partial charge is 0.293 e. The van der Waals surface area contributed by atoms with Crippen molar-refractivity contribution < 1.29 is 28.0 Å². The first-order chi connectivity index (χ1) is 14.8. The molecule has 0 atom stereocenters. The van der Waals surface area contributed by atoms with E-state index in [2.05, 4.69) is 10.6 Å². The molecule has 1 fully saturated rings. The zero-order valence-corrected chi connectivity index (χ0v) is 16.9. The number of carbonyl (C=O) groups is 4. The summed E-state index contributed by atoms with van der Waals surface area (Å²) in [6, 6.07) is 11.5. The monoisotopic (exact) mass is 445 g/mol. The summed E-state index contributed by atoms with van der Waals surface area (Å²) < 4.78 is 26.5. The molecule has 31 heavy (non-hydrogen) atoms. The molecule has 0 aliphatic carbocycles. The molecule has 1 saturated heterocycles. The van der Waals surface area contributed by atoms with Gasteiger partial charge in [-0.15, -0.1) is 0 Å². The van der Waals surface area contributed by atoms with Gasteiger partial charge in [-0.1, -0.05) is 30.3 Å². The molecule has 1 heterocycles. The van der Waals surface area contributed by atoms with Crippen LogP contribution in [0.2, 0.25) is 0 Å². The molecule has 1 aliphatic heterocycles. The van der Waals surface area contributed by atoms with E-state index in [0.717, 1.165) is 34.4 Å². The quantitative estimate of drug-likeness (QED) is 0.639. The number of thioether (sulfide) groups is 1. The molecule has 2 aromatic carbocycles. The molecule has 0 aromatic heterocycles. The Bertz CT molecular complexity index is 1060. The maximum absolute atomic E-state index is 13.6. The van der Waals surface area contributed by atoms with Crippen molar-refractivity contribution in [3.63, 3.8) is 0 Å². The summed E-state index contributed by atoms with van der Waals surface area (Å²) in [5.74, 6) is -3.78. The summed E-state index contributed by atoms with van der Waals surface area (Å²) >= 11 is 0.816. The number of carbonyl (C=O) groups excluding carboxylic acids is 4. The van der Waals surface area contributed by atoms with Gasteiger partial charge in [-0.25, -0.2) is 8.78 Å². The number of imide groups is 1. The average Bonchev–Trinajstić information content (AvgIpc) is 3.00. The van der Waals surface area contributed by atoms with Gasteiger partial charge in [0.05, 0.1) is 17.0 Å². The zero-order valence-electron chi connectivity index (χ0n) is 16.1. The van der Waals surface area contributed by atoms with Crippen molar-refractivity contribution in [2.45, 2.75) is 0 Å². The van der Waals surface area contributed by atoms with Crippen LogP contribution in [0.1, 0.15) is 15.9 Å². The topological polar surface area (TPSA) is 95.6 Å². The highest BCUT2D eigenvalue weighted by Gasteiger charge is 2.34. The number of amides is 4. The van der Waals surface area contributed by atoms with Gasteiger partial charge in [0, 0.05) is 19.2 Å². The third-order valence-electron chi connectivity index (χ3n) is 4.21. The van der Waals surface area contributed by atoms with Crippen LogP contribution < -0.4 is 10.6 Å². The van der Waals surface area contributed by atoms with Gasteiger partial charge in [-0.3, -0.25) is 24.1 Å². The van der Waals surface area contributed by atoms with Gasteiger partial charge in [0.25, 0.3) is 17.1 Å². The molecule has 2 aromatic rings. The highest BCUT2D eigenvalue weighted by atomic mass is 32.2.